The highest BCUT2D eigenvalue weighted by Crippen LogP contribution is 2.16. The fourth-order valence-corrected chi connectivity index (χ4v) is 1.78. The molecule has 0 atom stereocenters. The molecule has 0 radical (unpaired) electrons. The number of aliphatic carboxylic acids is 1. The molecule has 1 aromatic rings. The number of nitrogens with zero attached hydrogens (tertiary/aromatic N) is 1. The van der Waals surface area contributed by atoms with E-state index in [1.165, 1.54) is 6.07 Å². The van der Waals surface area contributed by atoms with Crippen molar-refractivity contribution in [2.45, 2.75) is 6.54 Å². The summed E-state index contributed by atoms with van der Waals surface area (Å²) in [5.74, 6) is -1.29. The van der Waals surface area contributed by atoms with Crippen LogP contribution in [-0.4, -0.2) is 29.1 Å². The van der Waals surface area contributed by atoms with Gasteiger partial charge in [-0.25, -0.2) is 4.39 Å². The van der Waals surface area contributed by atoms with Crippen molar-refractivity contribution in [1.82, 2.24) is 4.90 Å². The maximum atomic E-state index is 13.6. The SMILES string of the molecule is C=CCN(CC(=O)O)Cc1ccc(Br)cc1F. The molecule has 0 saturated carbocycles. The van der Waals surface area contributed by atoms with Gasteiger partial charge < -0.3 is 5.11 Å². The van der Waals surface area contributed by atoms with Crippen molar-refractivity contribution in [3.63, 3.8) is 0 Å². The molecule has 92 valence electrons. The minimum Gasteiger partial charge on any atom is -0.480 e. The van der Waals surface area contributed by atoms with Crippen molar-refractivity contribution in [2.24, 2.45) is 0 Å². The number of carboxylic acids is 1. The highest BCUT2D eigenvalue weighted by Gasteiger charge is 2.11. The van der Waals surface area contributed by atoms with Gasteiger partial charge in [0.1, 0.15) is 5.82 Å². The molecule has 0 aliphatic carbocycles. The fraction of sp³-hybridized carbons (Fsp3) is 0.250. The lowest BCUT2D eigenvalue weighted by Gasteiger charge is -2.18. The zero-order chi connectivity index (χ0) is 12.8. The molecule has 0 saturated heterocycles. The number of halogens is 2. The molecule has 3 nitrogen and oxygen atoms in total. The van der Waals surface area contributed by atoms with E-state index in [2.05, 4.69) is 22.5 Å². The zero-order valence-corrected chi connectivity index (χ0v) is 10.8. The molecule has 0 fully saturated rings. The predicted molar refractivity (Wildman–Crippen MR) is 67.2 cm³/mol. The minimum absolute atomic E-state index is 0.137. The van der Waals surface area contributed by atoms with E-state index in [1.807, 2.05) is 0 Å². The van der Waals surface area contributed by atoms with Crippen LogP contribution in [-0.2, 0) is 11.3 Å². The van der Waals surface area contributed by atoms with Crippen LogP contribution in [0.5, 0.6) is 0 Å². The molecule has 0 aliphatic heterocycles. The van der Waals surface area contributed by atoms with Crippen LogP contribution in [0.25, 0.3) is 0 Å². The van der Waals surface area contributed by atoms with Crippen LogP contribution in [0.4, 0.5) is 4.39 Å². The van der Waals surface area contributed by atoms with Crippen molar-refractivity contribution in [1.29, 1.82) is 0 Å². The van der Waals surface area contributed by atoms with Crippen LogP contribution in [0.2, 0.25) is 0 Å². The normalized spacial score (nSPS) is 10.5. The third-order valence-electron chi connectivity index (χ3n) is 2.16. The molecule has 1 aromatic carbocycles. The number of hydrogen-bond acceptors (Lipinski definition) is 2. The van der Waals surface area contributed by atoms with Crippen molar-refractivity contribution in [3.05, 3.63) is 46.7 Å². The highest BCUT2D eigenvalue weighted by atomic mass is 79.9. The summed E-state index contributed by atoms with van der Waals surface area (Å²) in [7, 11) is 0. The lowest BCUT2D eigenvalue weighted by molar-refractivity contribution is -0.138. The number of rotatable bonds is 6. The first-order valence-corrected chi connectivity index (χ1v) is 5.81. The van der Waals surface area contributed by atoms with E-state index >= 15 is 0 Å². The van der Waals surface area contributed by atoms with Gasteiger partial charge in [0.15, 0.2) is 0 Å². The van der Waals surface area contributed by atoms with E-state index in [1.54, 1.807) is 23.1 Å². The van der Waals surface area contributed by atoms with Gasteiger partial charge in [0.2, 0.25) is 0 Å². The van der Waals surface area contributed by atoms with Crippen LogP contribution < -0.4 is 0 Å². The Morgan fingerprint density at radius 3 is 2.82 bits per heavy atom. The zero-order valence-electron chi connectivity index (χ0n) is 9.20. The van der Waals surface area contributed by atoms with E-state index in [0.29, 0.717) is 16.6 Å². The predicted octanol–water partition coefficient (Wildman–Crippen LogP) is 2.66. The van der Waals surface area contributed by atoms with Gasteiger partial charge >= 0.3 is 5.97 Å². The van der Waals surface area contributed by atoms with Crippen molar-refractivity contribution in [2.75, 3.05) is 13.1 Å². The molecular weight excluding hydrogens is 289 g/mol. The van der Waals surface area contributed by atoms with Crippen LogP contribution in [0.15, 0.2) is 35.3 Å². The Hall–Kier alpha value is -1.20. The van der Waals surface area contributed by atoms with Crippen LogP contribution >= 0.6 is 15.9 Å². The Morgan fingerprint density at radius 2 is 2.29 bits per heavy atom. The molecule has 5 heteroatoms. The summed E-state index contributed by atoms with van der Waals surface area (Å²) in [5, 5.41) is 8.72. The van der Waals surface area contributed by atoms with E-state index in [9.17, 15) is 9.18 Å². The second-order valence-corrected chi connectivity index (χ2v) is 4.50. The summed E-state index contributed by atoms with van der Waals surface area (Å²) < 4.78 is 14.2. The molecule has 0 unspecified atom stereocenters. The molecule has 0 bridgehead atoms. The summed E-state index contributed by atoms with van der Waals surface area (Å²) in [5.41, 5.74) is 0.469. The molecule has 0 aromatic heterocycles. The second-order valence-electron chi connectivity index (χ2n) is 3.59. The van der Waals surface area contributed by atoms with Crippen molar-refractivity contribution >= 4 is 21.9 Å². The second kappa shape index (κ2) is 6.51. The Balaban J connectivity index is 2.77. The maximum Gasteiger partial charge on any atom is 0.317 e. The number of carboxylic acid groups (broad SMARTS) is 1. The smallest absolute Gasteiger partial charge is 0.317 e. The molecule has 0 spiro atoms. The summed E-state index contributed by atoms with van der Waals surface area (Å²) >= 11 is 3.17. The molecule has 0 heterocycles. The van der Waals surface area contributed by atoms with E-state index < -0.39 is 5.97 Å². The first-order chi connectivity index (χ1) is 8.02. The van der Waals surface area contributed by atoms with Gasteiger partial charge in [0.05, 0.1) is 6.54 Å². The Bertz CT molecular complexity index is 423. The minimum atomic E-state index is -0.940. The number of hydrogen-bond donors (Lipinski definition) is 1. The Labute approximate surface area is 108 Å². The van der Waals surface area contributed by atoms with Crippen molar-refractivity contribution < 1.29 is 14.3 Å². The average Bonchev–Trinajstić information content (AvgIpc) is 2.21. The highest BCUT2D eigenvalue weighted by molar-refractivity contribution is 9.10. The molecule has 1 rings (SSSR count). The van der Waals surface area contributed by atoms with E-state index in [-0.39, 0.29) is 18.9 Å². The summed E-state index contributed by atoms with van der Waals surface area (Å²) in [6.07, 6.45) is 1.60. The molecule has 1 N–H and O–H groups in total. The lowest BCUT2D eigenvalue weighted by Crippen LogP contribution is -2.29. The quantitative estimate of drug-likeness (QED) is 0.821. The largest absolute Gasteiger partial charge is 0.480 e. The van der Waals surface area contributed by atoms with Gasteiger partial charge in [-0.2, -0.15) is 0 Å². The van der Waals surface area contributed by atoms with Crippen LogP contribution in [0.1, 0.15) is 5.56 Å². The van der Waals surface area contributed by atoms with Gasteiger partial charge in [0, 0.05) is 23.1 Å². The maximum absolute atomic E-state index is 13.6. The monoisotopic (exact) mass is 301 g/mol. The molecule has 0 aliphatic rings. The van der Waals surface area contributed by atoms with Crippen LogP contribution in [0, 0.1) is 5.82 Å². The standard InChI is InChI=1S/C12H13BrFNO2/c1-2-5-15(8-12(16)17)7-9-3-4-10(13)6-11(9)14/h2-4,6H,1,5,7-8H2,(H,16,17). The summed E-state index contributed by atoms with van der Waals surface area (Å²) in [4.78, 5) is 12.2. The van der Waals surface area contributed by atoms with Gasteiger partial charge in [-0.05, 0) is 12.1 Å². The fourth-order valence-electron chi connectivity index (χ4n) is 1.45. The first kappa shape index (κ1) is 13.9. The van der Waals surface area contributed by atoms with Crippen LogP contribution in [0.3, 0.4) is 0 Å². The lowest BCUT2D eigenvalue weighted by atomic mass is 10.2. The van der Waals surface area contributed by atoms with Crippen molar-refractivity contribution in [3.8, 4) is 0 Å². The molecular formula is C12H13BrFNO2. The third kappa shape index (κ3) is 4.66. The molecule has 17 heavy (non-hydrogen) atoms. The molecule has 0 amide bonds. The Morgan fingerprint density at radius 1 is 1.59 bits per heavy atom. The van der Waals surface area contributed by atoms with E-state index in [4.69, 9.17) is 5.11 Å². The van der Waals surface area contributed by atoms with E-state index in [0.717, 1.165) is 0 Å². The number of carbonyl (C=O) groups is 1. The van der Waals surface area contributed by atoms with Gasteiger partial charge in [-0.15, -0.1) is 6.58 Å². The topological polar surface area (TPSA) is 40.5 Å². The summed E-state index contributed by atoms with van der Waals surface area (Å²) in [6.45, 7) is 4.06. The summed E-state index contributed by atoms with van der Waals surface area (Å²) in [6, 6.07) is 4.73. The number of benzene rings is 1. The average molecular weight is 302 g/mol. The Kier molecular flexibility index (Phi) is 5.31. The third-order valence-corrected chi connectivity index (χ3v) is 2.65. The first-order valence-electron chi connectivity index (χ1n) is 5.02. The van der Waals surface area contributed by atoms with Gasteiger partial charge in [0.25, 0.3) is 0 Å². The van der Waals surface area contributed by atoms with Gasteiger partial charge in [-0.1, -0.05) is 28.1 Å². The van der Waals surface area contributed by atoms with Gasteiger partial charge in [-0.3, -0.25) is 9.69 Å².